The Labute approximate surface area is 108 Å². The van der Waals surface area contributed by atoms with Crippen LogP contribution in [-0.4, -0.2) is 10.9 Å². The highest BCUT2D eigenvalue weighted by atomic mass is 79.9. The van der Waals surface area contributed by atoms with Gasteiger partial charge in [0, 0.05) is 22.0 Å². The summed E-state index contributed by atoms with van der Waals surface area (Å²) in [7, 11) is 0. The SMILES string of the molecule is CCC(=O)Nc1cc(C)nc2ccc(Br)cc12. The van der Waals surface area contributed by atoms with Crippen LogP contribution in [0, 0.1) is 6.92 Å². The Kier molecular flexibility index (Phi) is 3.43. The van der Waals surface area contributed by atoms with Gasteiger partial charge in [-0.2, -0.15) is 0 Å². The fourth-order valence-corrected chi connectivity index (χ4v) is 2.03. The van der Waals surface area contributed by atoms with Crippen LogP contribution in [0.1, 0.15) is 19.0 Å². The van der Waals surface area contributed by atoms with E-state index in [4.69, 9.17) is 0 Å². The van der Waals surface area contributed by atoms with E-state index in [-0.39, 0.29) is 5.91 Å². The summed E-state index contributed by atoms with van der Waals surface area (Å²) in [6.07, 6.45) is 0.469. The van der Waals surface area contributed by atoms with Gasteiger partial charge in [-0.1, -0.05) is 22.9 Å². The number of carbonyl (C=O) groups is 1. The number of halogens is 1. The maximum absolute atomic E-state index is 11.5. The Morgan fingerprint density at radius 2 is 2.18 bits per heavy atom. The molecule has 1 heterocycles. The van der Waals surface area contributed by atoms with Gasteiger partial charge >= 0.3 is 0 Å². The third-order valence-corrected chi connectivity index (χ3v) is 2.99. The van der Waals surface area contributed by atoms with Crippen molar-refractivity contribution < 1.29 is 4.79 Å². The van der Waals surface area contributed by atoms with Crippen molar-refractivity contribution in [1.82, 2.24) is 4.98 Å². The van der Waals surface area contributed by atoms with E-state index in [2.05, 4.69) is 26.2 Å². The van der Waals surface area contributed by atoms with E-state index in [0.717, 1.165) is 26.8 Å². The Morgan fingerprint density at radius 3 is 2.88 bits per heavy atom. The Hall–Kier alpha value is -1.42. The van der Waals surface area contributed by atoms with Crippen molar-refractivity contribution >= 4 is 38.4 Å². The van der Waals surface area contributed by atoms with Crippen LogP contribution in [0.25, 0.3) is 10.9 Å². The summed E-state index contributed by atoms with van der Waals surface area (Å²) in [5, 5.41) is 3.85. The smallest absolute Gasteiger partial charge is 0.224 e. The second-order valence-electron chi connectivity index (χ2n) is 3.87. The largest absolute Gasteiger partial charge is 0.325 e. The fraction of sp³-hybridized carbons (Fsp3) is 0.231. The van der Waals surface area contributed by atoms with E-state index in [1.807, 2.05) is 38.1 Å². The molecule has 0 aliphatic heterocycles. The molecular weight excluding hydrogens is 280 g/mol. The zero-order valence-electron chi connectivity index (χ0n) is 9.75. The number of hydrogen-bond acceptors (Lipinski definition) is 2. The molecule has 88 valence electrons. The van der Waals surface area contributed by atoms with E-state index < -0.39 is 0 Å². The van der Waals surface area contributed by atoms with Gasteiger partial charge in [0.15, 0.2) is 0 Å². The predicted molar refractivity (Wildman–Crippen MR) is 73.1 cm³/mol. The van der Waals surface area contributed by atoms with Crippen molar-refractivity contribution in [2.24, 2.45) is 0 Å². The molecule has 17 heavy (non-hydrogen) atoms. The van der Waals surface area contributed by atoms with Crippen molar-refractivity contribution in [1.29, 1.82) is 0 Å². The number of nitrogens with zero attached hydrogens (tertiary/aromatic N) is 1. The van der Waals surface area contributed by atoms with Crippen LogP contribution in [0.2, 0.25) is 0 Å². The molecule has 1 aromatic carbocycles. The van der Waals surface area contributed by atoms with Crippen LogP contribution in [0.3, 0.4) is 0 Å². The average molecular weight is 293 g/mol. The summed E-state index contributed by atoms with van der Waals surface area (Å²) in [5.74, 6) is 0.0110. The van der Waals surface area contributed by atoms with Crippen molar-refractivity contribution in [2.45, 2.75) is 20.3 Å². The van der Waals surface area contributed by atoms with Crippen LogP contribution < -0.4 is 5.32 Å². The number of fused-ring (bicyclic) bond motifs is 1. The van der Waals surface area contributed by atoms with Crippen LogP contribution in [0.15, 0.2) is 28.7 Å². The predicted octanol–water partition coefficient (Wildman–Crippen LogP) is 3.65. The molecule has 1 aromatic heterocycles. The Bertz CT molecular complexity index is 581. The number of nitrogens with one attached hydrogen (secondary N) is 1. The standard InChI is InChI=1S/C13H13BrN2O/c1-3-13(17)16-12-6-8(2)15-11-5-4-9(14)7-10(11)12/h4-7H,3H2,1-2H3,(H,15,16,17). The zero-order valence-corrected chi connectivity index (χ0v) is 11.3. The van der Waals surface area contributed by atoms with Gasteiger partial charge in [-0.25, -0.2) is 0 Å². The maximum atomic E-state index is 11.5. The van der Waals surface area contributed by atoms with E-state index >= 15 is 0 Å². The number of carbonyl (C=O) groups excluding carboxylic acids is 1. The first kappa shape index (κ1) is 12.0. The van der Waals surface area contributed by atoms with E-state index in [1.165, 1.54) is 0 Å². The van der Waals surface area contributed by atoms with Crippen LogP contribution >= 0.6 is 15.9 Å². The van der Waals surface area contributed by atoms with Gasteiger partial charge in [-0.3, -0.25) is 9.78 Å². The maximum Gasteiger partial charge on any atom is 0.224 e. The summed E-state index contributed by atoms with van der Waals surface area (Å²) in [6.45, 7) is 3.75. The van der Waals surface area contributed by atoms with Gasteiger partial charge < -0.3 is 5.32 Å². The second-order valence-corrected chi connectivity index (χ2v) is 4.79. The average Bonchev–Trinajstić information content (AvgIpc) is 2.29. The van der Waals surface area contributed by atoms with Crippen molar-refractivity contribution in [3.8, 4) is 0 Å². The van der Waals surface area contributed by atoms with E-state index in [1.54, 1.807) is 0 Å². The first-order valence-corrected chi connectivity index (χ1v) is 6.26. The molecule has 1 amide bonds. The van der Waals surface area contributed by atoms with Crippen molar-refractivity contribution in [3.63, 3.8) is 0 Å². The van der Waals surface area contributed by atoms with Gasteiger partial charge in [0.25, 0.3) is 0 Å². The molecule has 1 N–H and O–H groups in total. The lowest BCUT2D eigenvalue weighted by Crippen LogP contribution is -2.10. The number of anilines is 1. The number of aryl methyl sites for hydroxylation is 1. The number of amides is 1. The highest BCUT2D eigenvalue weighted by Crippen LogP contribution is 2.26. The van der Waals surface area contributed by atoms with Crippen LogP contribution in [0.5, 0.6) is 0 Å². The lowest BCUT2D eigenvalue weighted by molar-refractivity contribution is -0.115. The molecule has 0 atom stereocenters. The highest BCUT2D eigenvalue weighted by molar-refractivity contribution is 9.10. The third kappa shape index (κ3) is 2.64. The summed E-state index contributed by atoms with van der Waals surface area (Å²) < 4.78 is 0.975. The van der Waals surface area contributed by atoms with Crippen LogP contribution in [0.4, 0.5) is 5.69 Å². The van der Waals surface area contributed by atoms with Gasteiger partial charge in [0.05, 0.1) is 11.2 Å². The van der Waals surface area contributed by atoms with Gasteiger partial charge in [0.1, 0.15) is 0 Å². The molecule has 0 saturated carbocycles. The Morgan fingerprint density at radius 1 is 1.41 bits per heavy atom. The summed E-state index contributed by atoms with van der Waals surface area (Å²) in [6, 6.07) is 7.74. The molecule has 2 aromatic rings. The molecule has 0 aliphatic carbocycles. The topological polar surface area (TPSA) is 42.0 Å². The molecule has 0 spiro atoms. The molecule has 3 nitrogen and oxygen atoms in total. The monoisotopic (exact) mass is 292 g/mol. The third-order valence-electron chi connectivity index (χ3n) is 2.49. The fourth-order valence-electron chi connectivity index (χ4n) is 1.67. The second kappa shape index (κ2) is 4.84. The van der Waals surface area contributed by atoms with Gasteiger partial charge in [-0.15, -0.1) is 0 Å². The summed E-state index contributed by atoms with van der Waals surface area (Å²) in [5.41, 5.74) is 2.60. The normalized spacial score (nSPS) is 10.5. The molecule has 0 aliphatic rings. The van der Waals surface area contributed by atoms with Crippen molar-refractivity contribution in [3.05, 3.63) is 34.4 Å². The number of hydrogen-bond donors (Lipinski definition) is 1. The molecule has 0 unspecified atom stereocenters. The number of rotatable bonds is 2. The van der Waals surface area contributed by atoms with Gasteiger partial charge in [-0.05, 0) is 31.2 Å². The highest BCUT2D eigenvalue weighted by Gasteiger charge is 2.07. The van der Waals surface area contributed by atoms with Crippen LogP contribution in [-0.2, 0) is 4.79 Å². The lowest BCUT2D eigenvalue weighted by Gasteiger charge is -2.09. The molecule has 4 heteroatoms. The molecule has 0 bridgehead atoms. The molecule has 2 rings (SSSR count). The first-order chi connectivity index (χ1) is 8.10. The van der Waals surface area contributed by atoms with Gasteiger partial charge in [0.2, 0.25) is 5.91 Å². The number of aromatic nitrogens is 1. The van der Waals surface area contributed by atoms with E-state index in [9.17, 15) is 4.79 Å². The molecular formula is C13H13BrN2O. The number of benzene rings is 1. The molecule has 0 radical (unpaired) electrons. The molecule has 0 fully saturated rings. The lowest BCUT2D eigenvalue weighted by atomic mass is 10.1. The summed E-state index contributed by atoms with van der Waals surface area (Å²) in [4.78, 5) is 15.9. The summed E-state index contributed by atoms with van der Waals surface area (Å²) >= 11 is 3.43. The van der Waals surface area contributed by atoms with Crippen molar-refractivity contribution in [2.75, 3.05) is 5.32 Å². The quantitative estimate of drug-likeness (QED) is 0.918. The zero-order chi connectivity index (χ0) is 12.4. The minimum Gasteiger partial charge on any atom is -0.325 e. The number of pyridine rings is 1. The first-order valence-electron chi connectivity index (χ1n) is 5.47. The Balaban J connectivity index is 2.59. The molecule has 0 saturated heterocycles. The minimum atomic E-state index is 0.0110. The minimum absolute atomic E-state index is 0.0110. The van der Waals surface area contributed by atoms with E-state index in [0.29, 0.717) is 6.42 Å².